The highest BCUT2D eigenvalue weighted by Crippen LogP contribution is 2.26. The van der Waals surface area contributed by atoms with Crippen LogP contribution >= 0.6 is 11.3 Å². The highest BCUT2D eigenvalue weighted by atomic mass is 32.1. The first-order valence-electron chi connectivity index (χ1n) is 8.38. The Morgan fingerprint density at radius 3 is 3.04 bits per heavy atom. The van der Waals surface area contributed by atoms with Gasteiger partial charge in [0.15, 0.2) is 0 Å². The molecule has 1 aliphatic heterocycles. The number of carbonyl (C=O) groups is 1. The van der Waals surface area contributed by atoms with Crippen LogP contribution in [-0.4, -0.2) is 40.8 Å². The lowest BCUT2D eigenvalue weighted by atomic mass is 10.1. The van der Waals surface area contributed by atoms with Crippen LogP contribution in [0.4, 0.5) is 0 Å². The van der Waals surface area contributed by atoms with E-state index in [1.54, 1.807) is 11.3 Å². The largest absolute Gasteiger partial charge is 0.423 e. The van der Waals surface area contributed by atoms with Crippen molar-refractivity contribution in [3.05, 3.63) is 34.2 Å². The summed E-state index contributed by atoms with van der Waals surface area (Å²) in [6, 6.07) is 3.88. The third-order valence-corrected chi connectivity index (χ3v) is 5.01. The number of hydrogen-bond acceptors (Lipinski definition) is 6. The van der Waals surface area contributed by atoms with E-state index in [0.717, 1.165) is 12.8 Å². The molecule has 0 N–H and O–H groups in total. The van der Waals surface area contributed by atoms with Crippen LogP contribution in [0.1, 0.15) is 55.3 Å². The molecule has 0 radical (unpaired) electrons. The van der Waals surface area contributed by atoms with Crippen LogP contribution < -0.4 is 0 Å². The number of ether oxygens (including phenoxy) is 1. The van der Waals surface area contributed by atoms with Crippen LogP contribution in [0.5, 0.6) is 0 Å². The average Bonchev–Trinajstić information content (AvgIpc) is 3.26. The standard InChI is InChI=1S/C17H23N3O3S/c1-12(2)16-18-19-17(23-16)14-11-22-9-8-20(14)15(21)7-3-5-13-6-4-10-24-13/h4,6,10,12,14H,3,5,7-9,11H2,1-2H3. The Hall–Kier alpha value is -1.73. The van der Waals surface area contributed by atoms with Crippen LogP contribution in [0.15, 0.2) is 21.9 Å². The van der Waals surface area contributed by atoms with E-state index in [2.05, 4.69) is 21.6 Å². The molecular weight excluding hydrogens is 326 g/mol. The molecule has 24 heavy (non-hydrogen) atoms. The first-order chi connectivity index (χ1) is 11.6. The zero-order valence-corrected chi connectivity index (χ0v) is 14.9. The number of amides is 1. The number of rotatable bonds is 6. The third-order valence-electron chi connectivity index (χ3n) is 4.08. The lowest BCUT2D eigenvalue weighted by Gasteiger charge is -2.33. The van der Waals surface area contributed by atoms with E-state index < -0.39 is 0 Å². The minimum absolute atomic E-state index is 0.129. The lowest BCUT2D eigenvalue weighted by molar-refractivity contribution is -0.141. The molecule has 7 heteroatoms. The van der Waals surface area contributed by atoms with Crippen molar-refractivity contribution >= 4 is 17.2 Å². The van der Waals surface area contributed by atoms with E-state index in [0.29, 0.717) is 38.0 Å². The normalized spacial score (nSPS) is 18.3. The molecule has 1 amide bonds. The van der Waals surface area contributed by atoms with Crippen LogP contribution in [0.25, 0.3) is 0 Å². The van der Waals surface area contributed by atoms with Crippen molar-refractivity contribution in [1.29, 1.82) is 0 Å². The predicted molar refractivity (Wildman–Crippen MR) is 90.9 cm³/mol. The number of hydrogen-bond donors (Lipinski definition) is 0. The number of morpholine rings is 1. The van der Waals surface area contributed by atoms with Gasteiger partial charge in [-0.15, -0.1) is 21.5 Å². The molecule has 1 unspecified atom stereocenters. The molecule has 1 aliphatic rings. The van der Waals surface area contributed by atoms with Crippen molar-refractivity contribution in [2.24, 2.45) is 0 Å². The quantitative estimate of drug-likeness (QED) is 0.801. The van der Waals surface area contributed by atoms with Crippen molar-refractivity contribution in [3.8, 4) is 0 Å². The molecule has 0 aromatic carbocycles. The molecule has 2 aromatic heterocycles. The fourth-order valence-corrected chi connectivity index (χ4v) is 3.48. The molecule has 1 atom stereocenters. The maximum Gasteiger partial charge on any atom is 0.241 e. The second-order valence-corrected chi connectivity index (χ2v) is 7.28. The fraction of sp³-hybridized carbons (Fsp3) is 0.588. The van der Waals surface area contributed by atoms with E-state index in [4.69, 9.17) is 9.15 Å². The minimum atomic E-state index is -0.270. The third kappa shape index (κ3) is 4.02. The highest BCUT2D eigenvalue weighted by molar-refractivity contribution is 7.09. The Kier molecular flexibility index (Phi) is 5.63. The minimum Gasteiger partial charge on any atom is -0.423 e. The molecule has 3 rings (SSSR count). The summed E-state index contributed by atoms with van der Waals surface area (Å²) < 4.78 is 11.3. The Morgan fingerprint density at radius 1 is 1.46 bits per heavy atom. The summed E-state index contributed by atoms with van der Waals surface area (Å²) in [5.74, 6) is 1.38. The summed E-state index contributed by atoms with van der Waals surface area (Å²) in [6.45, 7) is 5.54. The van der Waals surface area contributed by atoms with Crippen LogP contribution in [-0.2, 0) is 16.0 Å². The summed E-state index contributed by atoms with van der Waals surface area (Å²) >= 11 is 1.73. The monoisotopic (exact) mass is 349 g/mol. The topological polar surface area (TPSA) is 68.5 Å². The van der Waals surface area contributed by atoms with E-state index in [1.807, 2.05) is 24.8 Å². The van der Waals surface area contributed by atoms with Gasteiger partial charge in [0.05, 0.1) is 13.2 Å². The van der Waals surface area contributed by atoms with Gasteiger partial charge in [-0.2, -0.15) is 0 Å². The van der Waals surface area contributed by atoms with Gasteiger partial charge in [-0.1, -0.05) is 19.9 Å². The summed E-state index contributed by atoms with van der Waals surface area (Å²) in [4.78, 5) is 15.8. The average molecular weight is 349 g/mol. The number of carbonyl (C=O) groups excluding carboxylic acids is 1. The van der Waals surface area contributed by atoms with Gasteiger partial charge in [0, 0.05) is 23.8 Å². The highest BCUT2D eigenvalue weighted by Gasteiger charge is 2.32. The maximum absolute atomic E-state index is 12.6. The molecule has 0 aliphatic carbocycles. The molecule has 0 saturated carbocycles. The zero-order chi connectivity index (χ0) is 16.9. The second kappa shape index (κ2) is 7.90. The zero-order valence-electron chi connectivity index (χ0n) is 14.1. The molecular formula is C17H23N3O3S. The number of aromatic nitrogens is 2. The summed E-state index contributed by atoms with van der Waals surface area (Å²) in [7, 11) is 0. The molecule has 0 bridgehead atoms. The van der Waals surface area contributed by atoms with Crippen molar-refractivity contribution in [2.75, 3.05) is 19.8 Å². The first-order valence-corrected chi connectivity index (χ1v) is 9.26. The van der Waals surface area contributed by atoms with Gasteiger partial charge >= 0.3 is 0 Å². The Morgan fingerprint density at radius 2 is 2.33 bits per heavy atom. The van der Waals surface area contributed by atoms with Gasteiger partial charge in [0.1, 0.15) is 6.04 Å². The molecule has 1 saturated heterocycles. The Bertz CT molecular complexity index is 654. The van der Waals surface area contributed by atoms with Crippen molar-refractivity contribution in [2.45, 2.75) is 45.1 Å². The van der Waals surface area contributed by atoms with Crippen molar-refractivity contribution < 1.29 is 13.9 Å². The SMILES string of the molecule is CC(C)c1nnc(C2COCCN2C(=O)CCCc2cccs2)o1. The molecule has 6 nitrogen and oxygen atoms in total. The molecule has 130 valence electrons. The van der Waals surface area contributed by atoms with Crippen LogP contribution in [0.3, 0.4) is 0 Å². The molecule has 3 heterocycles. The smallest absolute Gasteiger partial charge is 0.241 e. The number of aryl methyl sites for hydroxylation is 1. The van der Waals surface area contributed by atoms with E-state index in [1.165, 1.54) is 4.88 Å². The summed E-state index contributed by atoms with van der Waals surface area (Å²) in [5, 5.41) is 10.3. The van der Waals surface area contributed by atoms with Gasteiger partial charge < -0.3 is 14.1 Å². The Labute approximate surface area is 145 Å². The number of thiophene rings is 1. The van der Waals surface area contributed by atoms with Crippen molar-refractivity contribution in [3.63, 3.8) is 0 Å². The van der Waals surface area contributed by atoms with E-state index >= 15 is 0 Å². The predicted octanol–water partition coefficient (Wildman–Crippen LogP) is 3.18. The molecule has 1 fully saturated rings. The Balaban J connectivity index is 1.61. The number of nitrogens with zero attached hydrogens (tertiary/aromatic N) is 3. The fourth-order valence-electron chi connectivity index (χ4n) is 2.73. The molecule has 2 aromatic rings. The summed E-state index contributed by atoms with van der Waals surface area (Å²) in [6.07, 6.45) is 2.32. The molecule has 0 spiro atoms. The van der Waals surface area contributed by atoms with E-state index in [9.17, 15) is 4.79 Å². The second-order valence-electron chi connectivity index (χ2n) is 6.24. The van der Waals surface area contributed by atoms with Gasteiger partial charge in [-0.25, -0.2) is 0 Å². The van der Waals surface area contributed by atoms with Gasteiger partial charge in [-0.05, 0) is 24.3 Å². The van der Waals surface area contributed by atoms with Gasteiger partial charge in [0.2, 0.25) is 17.7 Å². The van der Waals surface area contributed by atoms with Crippen LogP contribution in [0, 0.1) is 0 Å². The first kappa shape index (κ1) is 17.1. The lowest BCUT2D eigenvalue weighted by Crippen LogP contribution is -2.43. The van der Waals surface area contributed by atoms with Gasteiger partial charge in [-0.3, -0.25) is 4.79 Å². The summed E-state index contributed by atoms with van der Waals surface area (Å²) in [5.41, 5.74) is 0. The van der Waals surface area contributed by atoms with Crippen LogP contribution in [0.2, 0.25) is 0 Å². The van der Waals surface area contributed by atoms with E-state index in [-0.39, 0.29) is 17.9 Å². The van der Waals surface area contributed by atoms with Crippen molar-refractivity contribution in [1.82, 2.24) is 15.1 Å². The van der Waals surface area contributed by atoms with Gasteiger partial charge in [0.25, 0.3) is 0 Å². The maximum atomic E-state index is 12.6.